The number of hydrogen-bond acceptors (Lipinski definition) is 4. The van der Waals surface area contributed by atoms with Crippen molar-refractivity contribution in [2.45, 2.75) is 18.8 Å². The van der Waals surface area contributed by atoms with Gasteiger partial charge in [0.2, 0.25) is 6.79 Å². The van der Waals surface area contributed by atoms with E-state index in [1.807, 2.05) is 30.3 Å². The first-order valence-corrected chi connectivity index (χ1v) is 7.38. The van der Waals surface area contributed by atoms with Crippen molar-refractivity contribution in [2.24, 2.45) is 5.73 Å². The van der Waals surface area contributed by atoms with Crippen molar-refractivity contribution < 1.29 is 14.2 Å². The van der Waals surface area contributed by atoms with Gasteiger partial charge in [0.1, 0.15) is 5.75 Å². The summed E-state index contributed by atoms with van der Waals surface area (Å²) in [7, 11) is 1.69. The molecule has 0 amide bonds. The maximum Gasteiger partial charge on any atom is 0.231 e. The second-order valence-corrected chi connectivity index (χ2v) is 5.83. The van der Waals surface area contributed by atoms with E-state index in [0.29, 0.717) is 13.3 Å². The van der Waals surface area contributed by atoms with Crippen LogP contribution in [0, 0.1) is 0 Å². The molecule has 1 atom stereocenters. The molecule has 0 saturated carbocycles. The number of nitrogens with two attached hydrogens (primary N) is 1. The smallest absolute Gasteiger partial charge is 0.231 e. The van der Waals surface area contributed by atoms with Gasteiger partial charge >= 0.3 is 0 Å². The molecule has 0 aromatic heterocycles. The Kier molecular flexibility index (Phi) is 3.94. The van der Waals surface area contributed by atoms with Crippen LogP contribution in [0.3, 0.4) is 0 Å². The van der Waals surface area contributed by atoms with Crippen LogP contribution >= 0.6 is 0 Å². The number of benzene rings is 2. The van der Waals surface area contributed by atoms with Gasteiger partial charge in [-0.15, -0.1) is 0 Å². The fourth-order valence-electron chi connectivity index (χ4n) is 2.92. The standard InChI is InChI=1S/C18H21NO3/c1-18(11-19,14-5-3-4-6-15(14)20-2)10-13-7-8-16-17(9-13)22-12-21-16/h3-9H,10-12,19H2,1-2H3. The third-order valence-corrected chi connectivity index (χ3v) is 4.24. The van der Waals surface area contributed by atoms with Crippen LogP contribution in [0.4, 0.5) is 0 Å². The molecular formula is C18H21NO3. The lowest BCUT2D eigenvalue weighted by Crippen LogP contribution is -2.34. The summed E-state index contributed by atoms with van der Waals surface area (Å²) >= 11 is 0. The second kappa shape index (κ2) is 5.89. The van der Waals surface area contributed by atoms with E-state index in [4.69, 9.17) is 19.9 Å². The summed E-state index contributed by atoms with van der Waals surface area (Å²) in [6.07, 6.45) is 0.806. The molecule has 116 valence electrons. The number of methoxy groups -OCH3 is 1. The van der Waals surface area contributed by atoms with Gasteiger partial charge in [-0.2, -0.15) is 0 Å². The normalized spacial score (nSPS) is 15.4. The van der Waals surface area contributed by atoms with Gasteiger partial charge in [-0.05, 0) is 30.2 Å². The lowest BCUT2D eigenvalue weighted by atomic mass is 9.77. The molecule has 4 heteroatoms. The summed E-state index contributed by atoms with van der Waals surface area (Å²) < 4.78 is 16.3. The Morgan fingerprint density at radius 2 is 1.91 bits per heavy atom. The van der Waals surface area contributed by atoms with Crippen LogP contribution in [0.2, 0.25) is 0 Å². The van der Waals surface area contributed by atoms with Gasteiger partial charge in [-0.3, -0.25) is 0 Å². The molecule has 0 fully saturated rings. The first-order chi connectivity index (χ1) is 10.7. The summed E-state index contributed by atoms with van der Waals surface area (Å²) in [4.78, 5) is 0. The van der Waals surface area contributed by atoms with Crippen molar-refractivity contribution in [2.75, 3.05) is 20.4 Å². The zero-order valence-corrected chi connectivity index (χ0v) is 13.0. The molecule has 2 aromatic rings. The maximum atomic E-state index is 6.11. The van der Waals surface area contributed by atoms with E-state index < -0.39 is 0 Å². The van der Waals surface area contributed by atoms with Crippen molar-refractivity contribution in [3.63, 3.8) is 0 Å². The van der Waals surface area contributed by atoms with Crippen molar-refractivity contribution in [3.8, 4) is 17.2 Å². The highest BCUT2D eigenvalue weighted by Gasteiger charge is 2.29. The van der Waals surface area contributed by atoms with Gasteiger partial charge in [-0.25, -0.2) is 0 Å². The number of ether oxygens (including phenoxy) is 3. The van der Waals surface area contributed by atoms with E-state index in [9.17, 15) is 0 Å². The molecule has 4 nitrogen and oxygen atoms in total. The monoisotopic (exact) mass is 299 g/mol. The Morgan fingerprint density at radius 1 is 1.14 bits per heavy atom. The molecule has 1 aliphatic rings. The van der Waals surface area contributed by atoms with E-state index >= 15 is 0 Å². The number of rotatable bonds is 5. The van der Waals surface area contributed by atoms with Crippen molar-refractivity contribution in [1.82, 2.24) is 0 Å². The fourth-order valence-corrected chi connectivity index (χ4v) is 2.92. The Bertz CT molecular complexity index is 671. The molecule has 0 radical (unpaired) electrons. The Labute approximate surface area is 130 Å². The van der Waals surface area contributed by atoms with Gasteiger partial charge in [0.25, 0.3) is 0 Å². The quantitative estimate of drug-likeness (QED) is 0.922. The summed E-state index contributed by atoms with van der Waals surface area (Å²) in [5.41, 5.74) is 8.20. The largest absolute Gasteiger partial charge is 0.496 e. The molecule has 1 unspecified atom stereocenters. The Hall–Kier alpha value is -2.20. The lowest BCUT2D eigenvalue weighted by molar-refractivity contribution is 0.174. The van der Waals surface area contributed by atoms with Gasteiger partial charge in [0, 0.05) is 17.5 Å². The summed E-state index contributed by atoms with van der Waals surface area (Å²) in [6.45, 7) is 2.98. The molecule has 1 heterocycles. The maximum absolute atomic E-state index is 6.11. The minimum atomic E-state index is -0.208. The third-order valence-electron chi connectivity index (χ3n) is 4.24. The molecular weight excluding hydrogens is 278 g/mol. The van der Waals surface area contributed by atoms with Crippen LogP contribution in [-0.2, 0) is 11.8 Å². The predicted molar refractivity (Wildman–Crippen MR) is 85.7 cm³/mol. The van der Waals surface area contributed by atoms with E-state index in [2.05, 4.69) is 19.1 Å². The number of para-hydroxylation sites is 1. The molecule has 0 saturated heterocycles. The van der Waals surface area contributed by atoms with Gasteiger partial charge in [-0.1, -0.05) is 31.2 Å². The molecule has 0 spiro atoms. The third kappa shape index (κ3) is 2.62. The highest BCUT2D eigenvalue weighted by atomic mass is 16.7. The first kappa shape index (κ1) is 14.7. The van der Waals surface area contributed by atoms with E-state index in [-0.39, 0.29) is 5.41 Å². The molecule has 2 aromatic carbocycles. The molecule has 0 aliphatic carbocycles. The Morgan fingerprint density at radius 3 is 2.68 bits per heavy atom. The molecule has 22 heavy (non-hydrogen) atoms. The highest BCUT2D eigenvalue weighted by Crippen LogP contribution is 2.37. The fraction of sp³-hybridized carbons (Fsp3) is 0.333. The van der Waals surface area contributed by atoms with Crippen LogP contribution in [0.5, 0.6) is 17.2 Å². The van der Waals surface area contributed by atoms with E-state index in [1.54, 1.807) is 7.11 Å². The van der Waals surface area contributed by atoms with Crippen LogP contribution in [-0.4, -0.2) is 20.4 Å². The number of fused-ring (bicyclic) bond motifs is 1. The van der Waals surface area contributed by atoms with Crippen molar-refractivity contribution in [1.29, 1.82) is 0 Å². The van der Waals surface area contributed by atoms with Gasteiger partial charge in [0.15, 0.2) is 11.5 Å². The molecule has 2 N–H and O–H groups in total. The molecule has 1 aliphatic heterocycles. The number of hydrogen-bond donors (Lipinski definition) is 1. The minimum Gasteiger partial charge on any atom is -0.496 e. The van der Waals surface area contributed by atoms with E-state index in [1.165, 1.54) is 5.56 Å². The predicted octanol–water partition coefficient (Wildman–Crippen LogP) is 2.88. The second-order valence-electron chi connectivity index (χ2n) is 5.83. The SMILES string of the molecule is COc1ccccc1C(C)(CN)Cc1ccc2c(c1)OCO2. The summed E-state index contributed by atoms with van der Waals surface area (Å²) in [6, 6.07) is 14.1. The molecule has 0 bridgehead atoms. The first-order valence-electron chi connectivity index (χ1n) is 7.38. The average molecular weight is 299 g/mol. The van der Waals surface area contributed by atoms with Crippen LogP contribution in [0.15, 0.2) is 42.5 Å². The van der Waals surface area contributed by atoms with Crippen LogP contribution < -0.4 is 19.9 Å². The van der Waals surface area contributed by atoms with Crippen molar-refractivity contribution >= 4 is 0 Å². The van der Waals surface area contributed by atoms with Crippen molar-refractivity contribution in [3.05, 3.63) is 53.6 Å². The summed E-state index contributed by atoms with van der Waals surface area (Å²) in [5.74, 6) is 2.48. The average Bonchev–Trinajstić information content (AvgIpc) is 3.02. The topological polar surface area (TPSA) is 53.7 Å². The van der Waals surface area contributed by atoms with Crippen LogP contribution in [0.25, 0.3) is 0 Å². The van der Waals surface area contributed by atoms with Gasteiger partial charge in [0.05, 0.1) is 7.11 Å². The minimum absolute atomic E-state index is 0.208. The van der Waals surface area contributed by atoms with Crippen LogP contribution in [0.1, 0.15) is 18.1 Å². The molecule has 3 rings (SSSR count). The summed E-state index contributed by atoms with van der Waals surface area (Å²) in [5, 5.41) is 0. The van der Waals surface area contributed by atoms with E-state index in [0.717, 1.165) is 29.2 Å². The highest BCUT2D eigenvalue weighted by molar-refractivity contribution is 5.46. The van der Waals surface area contributed by atoms with Gasteiger partial charge < -0.3 is 19.9 Å². The lowest BCUT2D eigenvalue weighted by Gasteiger charge is -2.30. The Balaban J connectivity index is 1.93. The zero-order chi connectivity index (χ0) is 15.6. The zero-order valence-electron chi connectivity index (χ0n) is 13.0.